The third-order valence-corrected chi connectivity index (χ3v) is 6.58. The first-order chi connectivity index (χ1) is 15.3. The van der Waals surface area contributed by atoms with Crippen molar-refractivity contribution in [2.24, 2.45) is 10.2 Å². The van der Waals surface area contributed by atoms with Crippen LogP contribution < -0.4 is 5.46 Å². The molecule has 0 heterocycles. The Kier molecular flexibility index (Phi) is 3.96. The van der Waals surface area contributed by atoms with E-state index in [0.29, 0.717) is 5.46 Å². The molecule has 0 bridgehead atoms. The molecular weight excluding hydrogens is 383 g/mol. The van der Waals surface area contributed by atoms with Gasteiger partial charge in [0, 0.05) is 0 Å². The summed E-state index contributed by atoms with van der Waals surface area (Å²) in [5.74, 6) is 0. The lowest BCUT2D eigenvalue weighted by Crippen LogP contribution is -2.27. The molecule has 0 atom stereocenters. The summed E-state index contributed by atoms with van der Waals surface area (Å²) in [6, 6.07) is 26.8. The first kappa shape index (κ1) is 18.0. The van der Waals surface area contributed by atoms with E-state index in [1.807, 2.05) is 36.4 Å². The number of hydrogen-bond acceptors (Lipinski definition) is 4. The van der Waals surface area contributed by atoms with Gasteiger partial charge in [-0.1, -0.05) is 89.0 Å². The molecule has 0 aromatic heterocycles. The van der Waals surface area contributed by atoms with E-state index in [2.05, 4.69) is 52.6 Å². The van der Waals surface area contributed by atoms with Gasteiger partial charge in [-0.25, -0.2) is 0 Å². The zero-order chi connectivity index (χ0) is 20.9. The van der Waals surface area contributed by atoms with Gasteiger partial charge in [0.25, 0.3) is 0 Å². The average Bonchev–Trinajstić information content (AvgIpc) is 3.25. The second-order valence-corrected chi connectivity index (χ2v) is 8.08. The van der Waals surface area contributed by atoms with Crippen LogP contribution >= 0.6 is 0 Å². The number of fused-ring (bicyclic) bond motifs is 2. The lowest BCUT2D eigenvalue weighted by Gasteiger charge is -2.18. The Labute approximate surface area is 179 Å². The predicted molar refractivity (Wildman–Crippen MR) is 129 cm³/mol. The van der Waals surface area contributed by atoms with Gasteiger partial charge in [-0.3, -0.25) is 0 Å². The second-order valence-electron chi connectivity index (χ2n) is 8.08. The van der Waals surface area contributed by atoms with E-state index in [1.165, 1.54) is 21.9 Å². The first-order valence-corrected chi connectivity index (χ1v) is 10.4. The van der Waals surface area contributed by atoms with Crippen LogP contribution in [0.2, 0.25) is 0 Å². The smallest absolute Gasteiger partial charge is 0.164 e. The Balaban J connectivity index is 1.83. The second kappa shape index (κ2) is 6.84. The van der Waals surface area contributed by atoms with Crippen LogP contribution in [-0.2, 0) is 12.8 Å². The number of aryl methyl sites for hydroxylation is 2. The number of nitrogens with zero attached hydrogens (tertiary/aromatic N) is 2. The Morgan fingerprint density at radius 3 is 1.74 bits per heavy atom. The summed E-state index contributed by atoms with van der Waals surface area (Å²) in [5, 5.41) is 12.3. The van der Waals surface area contributed by atoms with E-state index in [4.69, 9.17) is 0 Å². The Morgan fingerprint density at radius 2 is 1.13 bits per heavy atom. The van der Waals surface area contributed by atoms with Gasteiger partial charge in [0.05, 0.1) is 0 Å². The molecule has 5 heteroatoms. The minimum atomic E-state index is -1.28. The zero-order valence-corrected chi connectivity index (χ0v) is 16.7. The number of hydrogen-bond donors (Lipinski definition) is 0. The minimum Gasteiger partial charge on any atom is -0.164 e. The fraction of sp³-hybridized carbons (Fsp3) is 0.0769. The topological polar surface area (TPSA) is 58.9 Å². The Morgan fingerprint density at radius 1 is 0.581 bits per heavy atom. The third-order valence-electron chi connectivity index (χ3n) is 6.58. The molecule has 31 heavy (non-hydrogen) atoms. The highest BCUT2D eigenvalue weighted by atomic mass is 16.3. The summed E-state index contributed by atoms with van der Waals surface area (Å²) in [4.78, 5) is 23.0. The maximum Gasteiger partial charge on any atom is 0.549 e. The van der Waals surface area contributed by atoms with Gasteiger partial charge >= 0.3 is 6.98 Å². The molecule has 0 unspecified atom stereocenters. The maximum absolute atomic E-state index is 11.5. The molecule has 0 amide bonds. The molecule has 0 N–H and O–H groups in total. The van der Waals surface area contributed by atoms with Crippen molar-refractivity contribution in [2.45, 2.75) is 12.8 Å². The SMILES string of the molecule is O=NB(N=O)c1c2ccccc2c(-c2ccc3c4c(cccc24)CC3)c2ccccc12. The van der Waals surface area contributed by atoms with Crippen LogP contribution in [0.4, 0.5) is 0 Å². The summed E-state index contributed by atoms with van der Waals surface area (Å²) in [6.45, 7) is -1.28. The number of rotatable bonds is 4. The molecule has 0 saturated heterocycles. The lowest BCUT2D eigenvalue weighted by atomic mass is 9.66. The van der Waals surface area contributed by atoms with Gasteiger partial charge in [-0.15, -0.1) is 0 Å². The summed E-state index contributed by atoms with van der Waals surface area (Å²) in [7, 11) is 0. The zero-order valence-electron chi connectivity index (χ0n) is 16.7. The van der Waals surface area contributed by atoms with Crippen molar-refractivity contribution in [3.8, 4) is 11.1 Å². The van der Waals surface area contributed by atoms with Crippen molar-refractivity contribution >= 4 is 44.8 Å². The molecule has 1 aliphatic rings. The fourth-order valence-electron chi connectivity index (χ4n) is 5.32. The number of benzene rings is 5. The van der Waals surface area contributed by atoms with E-state index in [9.17, 15) is 9.81 Å². The molecule has 1 aliphatic carbocycles. The van der Waals surface area contributed by atoms with Crippen molar-refractivity contribution in [3.05, 3.63) is 99.8 Å². The van der Waals surface area contributed by atoms with Crippen LogP contribution in [0.25, 0.3) is 43.4 Å². The van der Waals surface area contributed by atoms with Gasteiger partial charge in [-0.05, 0) is 72.9 Å². The lowest BCUT2D eigenvalue weighted by molar-refractivity contribution is 1.02. The average molecular weight is 400 g/mol. The van der Waals surface area contributed by atoms with Crippen molar-refractivity contribution < 1.29 is 0 Å². The van der Waals surface area contributed by atoms with Gasteiger partial charge in [0.1, 0.15) is 0 Å². The molecule has 0 aliphatic heterocycles. The van der Waals surface area contributed by atoms with Crippen LogP contribution in [0.15, 0.2) is 89.0 Å². The Hall–Kier alpha value is -3.86. The Bertz CT molecular complexity index is 1470. The van der Waals surface area contributed by atoms with Crippen LogP contribution in [0.5, 0.6) is 0 Å². The van der Waals surface area contributed by atoms with Crippen molar-refractivity contribution in [2.75, 3.05) is 0 Å². The molecule has 5 aromatic rings. The van der Waals surface area contributed by atoms with Gasteiger partial charge < -0.3 is 0 Å². The summed E-state index contributed by atoms with van der Waals surface area (Å²) in [6.07, 6.45) is 2.16. The minimum absolute atomic E-state index is 0.575. The van der Waals surface area contributed by atoms with Crippen molar-refractivity contribution in [1.29, 1.82) is 0 Å². The van der Waals surface area contributed by atoms with Gasteiger partial charge in [-0.2, -0.15) is 9.81 Å². The highest BCUT2D eigenvalue weighted by molar-refractivity contribution is 6.75. The standard InChI is InChI=1S/C26H17BN2O2/c30-28-27(29-31)26-22-9-3-1-7-19(22)25(20-8-2-4-10-23(20)26)21-15-14-17-13-12-16-6-5-11-18(21)24(16)17/h1-11,14-15H,12-13H2. The summed E-state index contributed by atoms with van der Waals surface area (Å²) in [5.41, 5.74) is 5.65. The maximum atomic E-state index is 11.5. The van der Waals surface area contributed by atoms with E-state index in [0.717, 1.165) is 45.5 Å². The molecule has 5 aromatic carbocycles. The highest BCUT2D eigenvalue weighted by Gasteiger charge is 2.29. The number of nitroso groups, excluding NO2 is 2. The normalized spacial score (nSPS) is 12.5. The van der Waals surface area contributed by atoms with E-state index < -0.39 is 6.98 Å². The molecule has 6 rings (SSSR count). The van der Waals surface area contributed by atoms with Crippen LogP contribution in [0, 0.1) is 9.81 Å². The molecule has 146 valence electrons. The highest BCUT2D eigenvalue weighted by Crippen LogP contribution is 2.42. The monoisotopic (exact) mass is 400 g/mol. The third kappa shape index (κ3) is 2.50. The largest absolute Gasteiger partial charge is 0.549 e. The molecule has 4 nitrogen and oxygen atoms in total. The van der Waals surface area contributed by atoms with Gasteiger partial charge in [0.2, 0.25) is 0 Å². The van der Waals surface area contributed by atoms with E-state index in [1.54, 1.807) is 0 Å². The van der Waals surface area contributed by atoms with Crippen LogP contribution in [0.1, 0.15) is 11.1 Å². The van der Waals surface area contributed by atoms with Crippen LogP contribution in [-0.4, -0.2) is 6.98 Å². The van der Waals surface area contributed by atoms with Gasteiger partial charge in [0.15, 0.2) is 0 Å². The molecule has 0 radical (unpaired) electrons. The predicted octanol–water partition coefficient (Wildman–Crippen LogP) is 6.14. The summed E-state index contributed by atoms with van der Waals surface area (Å²) >= 11 is 0. The molecule has 0 spiro atoms. The van der Waals surface area contributed by atoms with Crippen molar-refractivity contribution in [1.82, 2.24) is 0 Å². The fourth-order valence-corrected chi connectivity index (χ4v) is 5.32. The van der Waals surface area contributed by atoms with E-state index >= 15 is 0 Å². The first-order valence-electron chi connectivity index (χ1n) is 10.4. The van der Waals surface area contributed by atoms with Crippen molar-refractivity contribution in [3.63, 3.8) is 0 Å². The molecular formula is C26H17BN2O2. The van der Waals surface area contributed by atoms with E-state index in [-0.39, 0.29) is 0 Å². The molecule has 0 saturated carbocycles. The quantitative estimate of drug-likeness (QED) is 0.207. The van der Waals surface area contributed by atoms with Crippen LogP contribution in [0.3, 0.4) is 0 Å². The summed E-state index contributed by atoms with van der Waals surface area (Å²) < 4.78 is 0. The molecule has 0 fully saturated rings.